The molecule has 0 saturated carbocycles. The molecule has 0 aliphatic heterocycles. The SMILES string of the molecule is [2H]C([2H])([2H])c1nc2c(oc3c(-c4n(-c5c(C(C)C)cc(-c6ccccc6)cc5C(C)C)c5ccccc5[n+]4C)c(C)nc(C([2H])([2H])[2H])c32)c2ccccc12. The third-order valence-corrected chi connectivity index (χ3v) is 9.62. The molecule has 0 fully saturated rings. The predicted octanol–water partition coefficient (Wildman–Crippen LogP) is 10.8. The van der Waals surface area contributed by atoms with Crippen LogP contribution in [-0.4, -0.2) is 14.5 Å². The van der Waals surface area contributed by atoms with Crippen molar-refractivity contribution in [3.8, 4) is 28.2 Å². The summed E-state index contributed by atoms with van der Waals surface area (Å²) in [5, 5.41) is 1.15. The number of aryl methyl sites for hydroxylation is 4. The molecule has 0 radical (unpaired) electrons. The van der Waals surface area contributed by atoms with Gasteiger partial charge in [-0.05, 0) is 67.9 Å². The van der Waals surface area contributed by atoms with E-state index < -0.39 is 13.7 Å². The highest BCUT2D eigenvalue weighted by Crippen LogP contribution is 2.44. The van der Waals surface area contributed by atoms with Crippen molar-refractivity contribution >= 4 is 43.9 Å². The monoisotopic (exact) mass is 635 g/mol. The van der Waals surface area contributed by atoms with Crippen molar-refractivity contribution in [1.29, 1.82) is 0 Å². The summed E-state index contributed by atoms with van der Waals surface area (Å²) in [4.78, 5) is 9.53. The summed E-state index contributed by atoms with van der Waals surface area (Å²) in [7, 11) is 2.00. The molecule has 4 heterocycles. The topological polar surface area (TPSA) is 47.7 Å². The van der Waals surface area contributed by atoms with Crippen LogP contribution in [0.5, 0.6) is 0 Å². The number of para-hydroxylation sites is 2. The van der Waals surface area contributed by atoms with Gasteiger partial charge in [0.25, 0.3) is 0 Å². The second kappa shape index (κ2) is 11.2. The molecular formula is C43H41N4O+. The van der Waals surface area contributed by atoms with Crippen LogP contribution in [0, 0.1) is 20.6 Å². The minimum Gasteiger partial charge on any atom is -0.453 e. The van der Waals surface area contributed by atoms with E-state index in [9.17, 15) is 0 Å². The van der Waals surface area contributed by atoms with Crippen molar-refractivity contribution < 1.29 is 17.2 Å². The van der Waals surface area contributed by atoms with E-state index in [1.54, 1.807) is 18.2 Å². The van der Waals surface area contributed by atoms with Crippen LogP contribution >= 0.6 is 0 Å². The van der Waals surface area contributed by atoms with Crippen LogP contribution < -0.4 is 4.57 Å². The zero-order chi connectivity index (χ0) is 38.4. The summed E-state index contributed by atoms with van der Waals surface area (Å²) < 4.78 is 62.2. The Morgan fingerprint density at radius 3 is 2.04 bits per heavy atom. The number of aromatic nitrogens is 4. The fourth-order valence-electron chi connectivity index (χ4n) is 7.31. The lowest BCUT2D eigenvalue weighted by Crippen LogP contribution is -2.31. The quantitative estimate of drug-likeness (QED) is 0.177. The number of hydrogen-bond acceptors (Lipinski definition) is 3. The first-order valence-electron chi connectivity index (χ1n) is 19.5. The van der Waals surface area contributed by atoms with Crippen LogP contribution in [0.3, 0.4) is 0 Å². The Hall–Kier alpha value is -5.29. The van der Waals surface area contributed by atoms with Gasteiger partial charge in [-0.1, -0.05) is 94.4 Å². The second-order valence-electron chi connectivity index (χ2n) is 13.3. The van der Waals surface area contributed by atoms with E-state index in [1.165, 1.54) is 0 Å². The van der Waals surface area contributed by atoms with Gasteiger partial charge >= 0.3 is 5.82 Å². The first-order chi connectivity index (χ1) is 25.6. The third-order valence-electron chi connectivity index (χ3n) is 9.62. The zero-order valence-electron chi connectivity index (χ0n) is 34.0. The van der Waals surface area contributed by atoms with E-state index >= 15 is 0 Å². The molecule has 238 valence electrons. The fourth-order valence-corrected chi connectivity index (χ4v) is 7.31. The molecule has 0 amide bonds. The number of nitrogens with zero attached hydrogens (tertiary/aromatic N) is 4. The molecule has 5 nitrogen and oxygen atoms in total. The highest BCUT2D eigenvalue weighted by molar-refractivity contribution is 6.16. The smallest absolute Gasteiger partial charge is 0.300 e. The molecule has 0 N–H and O–H groups in total. The van der Waals surface area contributed by atoms with Crippen LogP contribution in [-0.2, 0) is 7.05 Å². The summed E-state index contributed by atoms with van der Waals surface area (Å²) in [6.45, 7) is 5.42. The largest absolute Gasteiger partial charge is 0.453 e. The van der Waals surface area contributed by atoms with Gasteiger partial charge in [0.05, 0.1) is 23.8 Å². The Morgan fingerprint density at radius 2 is 1.35 bits per heavy atom. The molecular weight excluding hydrogens is 589 g/mol. The zero-order valence-corrected chi connectivity index (χ0v) is 28.0. The Labute approximate surface area is 289 Å². The molecule has 0 saturated heterocycles. The average molecular weight is 636 g/mol. The van der Waals surface area contributed by atoms with Crippen LogP contribution in [0.1, 0.15) is 76.0 Å². The normalized spacial score (nSPS) is 14.5. The van der Waals surface area contributed by atoms with Crippen LogP contribution in [0.4, 0.5) is 0 Å². The minimum absolute atomic E-state index is 0.117. The van der Waals surface area contributed by atoms with Gasteiger partial charge in [-0.2, -0.15) is 4.57 Å². The molecule has 5 heteroatoms. The van der Waals surface area contributed by atoms with Crippen molar-refractivity contribution in [3.05, 3.63) is 119 Å². The predicted molar refractivity (Wildman–Crippen MR) is 198 cm³/mol. The highest BCUT2D eigenvalue weighted by atomic mass is 16.3. The summed E-state index contributed by atoms with van der Waals surface area (Å²) in [5.74, 6) is 1.02. The van der Waals surface area contributed by atoms with Gasteiger partial charge in [0, 0.05) is 35.8 Å². The lowest BCUT2D eigenvalue weighted by atomic mass is 9.88. The molecule has 0 spiro atoms. The van der Waals surface area contributed by atoms with Crippen molar-refractivity contribution in [2.75, 3.05) is 0 Å². The van der Waals surface area contributed by atoms with Gasteiger partial charge < -0.3 is 4.42 Å². The molecule has 0 unspecified atom stereocenters. The van der Waals surface area contributed by atoms with Crippen molar-refractivity contribution in [1.82, 2.24) is 14.5 Å². The number of fused-ring (bicyclic) bond motifs is 6. The fraction of sp³-hybridized carbons (Fsp3) is 0.233. The highest BCUT2D eigenvalue weighted by Gasteiger charge is 2.35. The number of furan rings is 1. The van der Waals surface area contributed by atoms with E-state index in [4.69, 9.17) is 22.6 Å². The van der Waals surface area contributed by atoms with Crippen LogP contribution in [0.15, 0.2) is 95.4 Å². The molecule has 0 atom stereocenters. The average Bonchev–Trinajstić information content (AvgIpc) is 3.65. The maximum Gasteiger partial charge on any atom is 0.300 e. The van der Waals surface area contributed by atoms with Gasteiger partial charge in [0.2, 0.25) is 0 Å². The molecule has 4 aromatic heterocycles. The Balaban J connectivity index is 1.58. The summed E-state index contributed by atoms with van der Waals surface area (Å²) in [6.07, 6.45) is 0. The van der Waals surface area contributed by atoms with Crippen LogP contribution in [0.2, 0.25) is 0 Å². The van der Waals surface area contributed by atoms with Crippen LogP contribution in [0.25, 0.3) is 72.1 Å². The summed E-state index contributed by atoms with van der Waals surface area (Å²) in [5.41, 5.74) is 9.09. The maximum atomic E-state index is 8.61. The van der Waals surface area contributed by atoms with E-state index in [1.807, 2.05) is 38.2 Å². The van der Waals surface area contributed by atoms with Gasteiger partial charge in [-0.25, -0.2) is 9.55 Å². The number of benzene rings is 4. The van der Waals surface area contributed by atoms with Crippen molar-refractivity contribution in [3.63, 3.8) is 0 Å². The first-order valence-corrected chi connectivity index (χ1v) is 16.5. The summed E-state index contributed by atoms with van der Waals surface area (Å²) in [6, 6.07) is 30.3. The third kappa shape index (κ3) is 4.41. The number of hydrogen-bond donors (Lipinski definition) is 0. The lowest BCUT2D eigenvalue weighted by Gasteiger charge is -2.21. The lowest BCUT2D eigenvalue weighted by molar-refractivity contribution is -0.633. The number of rotatable bonds is 5. The standard InChI is InChI=1S/C43H41N4O/c1-24(2)33-22-30(29-16-10-9-11-17-29)23-34(25(3)4)40(33)47-36-21-15-14-20-35(36)46(8)43(47)38-28(7)44-27(6)37-39-41(48-42(37)38)32-19-13-12-18-31(32)26(5)45-39/h9-25H,1-8H3/q+1/i5D3,6D3. The summed E-state index contributed by atoms with van der Waals surface area (Å²) >= 11 is 0. The van der Waals surface area contributed by atoms with E-state index in [2.05, 4.69) is 85.4 Å². The van der Waals surface area contributed by atoms with Gasteiger partial charge in [-0.3, -0.25) is 4.98 Å². The molecule has 0 aliphatic rings. The van der Waals surface area contributed by atoms with E-state index in [0.29, 0.717) is 33.2 Å². The number of imidazole rings is 1. The minimum atomic E-state index is -2.65. The molecule has 8 aromatic rings. The Bertz CT molecular complexity index is 2750. The first kappa shape index (κ1) is 23.9. The van der Waals surface area contributed by atoms with Gasteiger partial charge in [-0.15, -0.1) is 0 Å². The number of pyridine rings is 2. The molecule has 0 aliphatic carbocycles. The Kier molecular flexibility index (Phi) is 5.57. The molecule has 4 aromatic carbocycles. The van der Waals surface area contributed by atoms with Crippen molar-refractivity contribution in [2.45, 2.75) is 60.2 Å². The maximum absolute atomic E-state index is 8.61. The molecule has 8 rings (SSSR count). The van der Waals surface area contributed by atoms with Gasteiger partial charge in [0.15, 0.2) is 22.2 Å². The second-order valence-corrected chi connectivity index (χ2v) is 13.3. The van der Waals surface area contributed by atoms with E-state index in [0.717, 1.165) is 44.8 Å². The molecule has 0 bridgehead atoms. The van der Waals surface area contributed by atoms with Crippen molar-refractivity contribution in [2.24, 2.45) is 7.05 Å². The van der Waals surface area contributed by atoms with Gasteiger partial charge in [0.1, 0.15) is 16.8 Å². The molecule has 48 heavy (non-hydrogen) atoms. The van der Waals surface area contributed by atoms with E-state index in [-0.39, 0.29) is 34.1 Å². The Morgan fingerprint density at radius 1 is 0.708 bits per heavy atom.